The maximum absolute atomic E-state index is 10.3. The second-order valence-corrected chi connectivity index (χ2v) is 3.35. The van der Waals surface area contributed by atoms with E-state index in [2.05, 4.69) is 4.74 Å². The van der Waals surface area contributed by atoms with E-state index in [0.29, 0.717) is 6.61 Å². The van der Waals surface area contributed by atoms with E-state index >= 15 is 0 Å². The van der Waals surface area contributed by atoms with Crippen molar-refractivity contribution in [2.75, 3.05) is 13.7 Å². The monoisotopic (exact) mass is 118 g/mol. The first kappa shape index (κ1) is 6.98. The Balaban J connectivity index is 2.82. The molecule has 0 aromatic heterocycles. The topological polar surface area (TPSA) is 26.3 Å². The molecule has 0 aliphatic rings. The van der Waals surface area contributed by atoms with Gasteiger partial charge in [0, 0.05) is 19.8 Å². The standard InChI is InChI=1S/C4H10O2Si/c1-6-3-4-7(2)5/h3-4H2,1-2H3. The SMILES string of the molecule is COCC[Si](C)=O. The molecule has 0 unspecified atom stereocenters. The second kappa shape index (κ2) is 4.14. The molecule has 0 amide bonds. The summed E-state index contributed by atoms with van der Waals surface area (Å²) in [4.78, 5) is 0. The van der Waals surface area contributed by atoms with Crippen LogP contribution in [0.3, 0.4) is 0 Å². The minimum atomic E-state index is -1.27. The molecule has 0 aliphatic heterocycles. The van der Waals surface area contributed by atoms with Gasteiger partial charge >= 0.3 is 0 Å². The van der Waals surface area contributed by atoms with Crippen LogP contribution in [0.15, 0.2) is 0 Å². The highest BCUT2D eigenvalue weighted by atomic mass is 28.3. The summed E-state index contributed by atoms with van der Waals surface area (Å²) in [6.45, 7) is 2.37. The minimum absolute atomic E-state index is 0.633. The summed E-state index contributed by atoms with van der Waals surface area (Å²) < 4.78 is 15.0. The van der Waals surface area contributed by atoms with Gasteiger partial charge in [0.05, 0.1) is 0 Å². The zero-order chi connectivity index (χ0) is 5.70. The largest absolute Gasteiger partial charge is 0.389 e. The average Bonchev–Trinajstić information content (AvgIpc) is 1.61. The molecule has 0 heterocycles. The first-order valence-corrected chi connectivity index (χ1v) is 4.37. The third kappa shape index (κ3) is 5.98. The van der Waals surface area contributed by atoms with E-state index in [-0.39, 0.29) is 0 Å². The molecule has 0 saturated heterocycles. The normalized spacial score (nSPS) is 8.86. The molecule has 0 saturated carbocycles. The molecule has 42 valence electrons. The van der Waals surface area contributed by atoms with Crippen molar-refractivity contribution in [1.29, 1.82) is 0 Å². The Morgan fingerprint density at radius 1 is 1.71 bits per heavy atom. The summed E-state index contributed by atoms with van der Waals surface area (Å²) in [6, 6.07) is 0.723. The molecular formula is C4H10O2Si. The van der Waals surface area contributed by atoms with Gasteiger partial charge in [0.2, 0.25) is 0 Å². The molecule has 0 aromatic carbocycles. The van der Waals surface area contributed by atoms with Crippen molar-refractivity contribution in [3.8, 4) is 0 Å². The van der Waals surface area contributed by atoms with Gasteiger partial charge in [-0.15, -0.1) is 0 Å². The van der Waals surface area contributed by atoms with E-state index in [0.717, 1.165) is 6.04 Å². The highest BCUT2D eigenvalue weighted by Crippen LogP contribution is 1.79. The summed E-state index contributed by atoms with van der Waals surface area (Å²) in [5.41, 5.74) is 0. The highest BCUT2D eigenvalue weighted by molar-refractivity contribution is 6.40. The Labute approximate surface area is 45.2 Å². The smallest absolute Gasteiger partial charge is 0.275 e. The number of hydrogen-bond donors (Lipinski definition) is 0. The lowest BCUT2D eigenvalue weighted by Crippen LogP contribution is -1.96. The zero-order valence-electron chi connectivity index (χ0n) is 4.73. The molecule has 0 rings (SSSR count). The van der Waals surface area contributed by atoms with E-state index in [9.17, 15) is 4.46 Å². The van der Waals surface area contributed by atoms with Crippen LogP contribution in [0.5, 0.6) is 0 Å². The molecule has 0 atom stereocenters. The number of hydrogen-bond acceptors (Lipinski definition) is 2. The van der Waals surface area contributed by atoms with Crippen LogP contribution in [0, 0.1) is 0 Å². The molecule has 0 N–H and O–H groups in total. The number of methoxy groups -OCH3 is 1. The van der Waals surface area contributed by atoms with Crippen LogP contribution in [0.2, 0.25) is 12.6 Å². The Morgan fingerprint density at radius 3 is 2.43 bits per heavy atom. The fourth-order valence-corrected chi connectivity index (χ4v) is 0.737. The van der Waals surface area contributed by atoms with Crippen molar-refractivity contribution in [3.63, 3.8) is 0 Å². The maximum atomic E-state index is 10.3. The molecule has 0 spiro atoms. The van der Waals surface area contributed by atoms with Gasteiger partial charge in [0.25, 0.3) is 8.68 Å². The van der Waals surface area contributed by atoms with E-state index in [1.54, 1.807) is 13.7 Å². The summed E-state index contributed by atoms with van der Waals surface area (Å²) >= 11 is 0. The van der Waals surface area contributed by atoms with E-state index in [1.807, 2.05) is 0 Å². The van der Waals surface area contributed by atoms with Crippen molar-refractivity contribution in [3.05, 3.63) is 0 Å². The molecule has 3 heteroatoms. The predicted molar refractivity (Wildman–Crippen MR) is 29.0 cm³/mol. The van der Waals surface area contributed by atoms with E-state index in [4.69, 9.17) is 0 Å². The number of rotatable bonds is 3. The average molecular weight is 118 g/mol. The van der Waals surface area contributed by atoms with Gasteiger partial charge in [0.15, 0.2) is 0 Å². The lowest BCUT2D eigenvalue weighted by molar-refractivity contribution is 0.214. The molecule has 7 heavy (non-hydrogen) atoms. The highest BCUT2D eigenvalue weighted by Gasteiger charge is 1.91. The molecule has 2 nitrogen and oxygen atoms in total. The van der Waals surface area contributed by atoms with E-state index in [1.165, 1.54) is 0 Å². The van der Waals surface area contributed by atoms with Crippen molar-refractivity contribution in [1.82, 2.24) is 0 Å². The van der Waals surface area contributed by atoms with Crippen LogP contribution in [-0.4, -0.2) is 22.4 Å². The van der Waals surface area contributed by atoms with Gasteiger partial charge < -0.3 is 9.20 Å². The first-order chi connectivity index (χ1) is 3.27. The van der Waals surface area contributed by atoms with Crippen molar-refractivity contribution >= 4 is 8.68 Å². The minimum Gasteiger partial charge on any atom is -0.389 e. The van der Waals surface area contributed by atoms with Gasteiger partial charge in [-0.2, -0.15) is 0 Å². The fraction of sp³-hybridized carbons (Fsp3) is 1.00. The zero-order valence-corrected chi connectivity index (χ0v) is 5.73. The van der Waals surface area contributed by atoms with Crippen LogP contribution in [0.1, 0.15) is 0 Å². The lowest BCUT2D eigenvalue weighted by atomic mass is 10.9. The molecule has 0 aliphatic carbocycles. The summed E-state index contributed by atoms with van der Waals surface area (Å²) in [5.74, 6) is 0. The third-order valence-electron chi connectivity index (χ3n) is 0.658. The van der Waals surface area contributed by atoms with Crippen molar-refractivity contribution in [2.45, 2.75) is 12.6 Å². The van der Waals surface area contributed by atoms with Crippen molar-refractivity contribution in [2.24, 2.45) is 0 Å². The Bertz CT molecular complexity index is 62.7. The first-order valence-electron chi connectivity index (χ1n) is 2.25. The van der Waals surface area contributed by atoms with Crippen LogP contribution in [0.4, 0.5) is 0 Å². The summed E-state index contributed by atoms with van der Waals surface area (Å²) in [5, 5.41) is 0. The Morgan fingerprint density at radius 2 is 2.29 bits per heavy atom. The van der Waals surface area contributed by atoms with E-state index < -0.39 is 8.68 Å². The van der Waals surface area contributed by atoms with Crippen LogP contribution >= 0.6 is 0 Å². The van der Waals surface area contributed by atoms with Gasteiger partial charge in [-0.25, -0.2) is 0 Å². The molecule has 0 fully saturated rings. The fourth-order valence-electron chi connectivity index (χ4n) is 0.246. The van der Waals surface area contributed by atoms with Gasteiger partial charge in [-0.05, 0) is 6.55 Å². The second-order valence-electron chi connectivity index (χ2n) is 1.44. The van der Waals surface area contributed by atoms with Gasteiger partial charge in [-0.1, -0.05) is 0 Å². The van der Waals surface area contributed by atoms with Gasteiger partial charge in [-0.3, -0.25) is 0 Å². The lowest BCUT2D eigenvalue weighted by Gasteiger charge is -1.88. The molecular weight excluding hydrogens is 108 g/mol. The molecule has 0 aromatic rings. The Hall–Kier alpha value is -0.0231. The maximum Gasteiger partial charge on any atom is 0.275 e. The summed E-state index contributed by atoms with van der Waals surface area (Å²) in [7, 11) is 0.344. The summed E-state index contributed by atoms with van der Waals surface area (Å²) in [6.07, 6.45) is 0. The third-order valence-corrected chi connectivity index (χ3v) is 1.57. The predicted octanol–water partition coefficient (Wildman–Crippen LogP) is 0.685. The van der Waals surface area contributed by atoms with Crippen LogP contribution in [-0.2, 0) is 9.20 Å². The molecule has 0 radical (unpaired) electrons. The van der Waals surface area contributed by atoms with Crippen molar-refractivity contribution < 1.29 is 9.20 Å². The van der Waals surface area contributed by atoms with Crippen LogP contribution in [0.25, 0.3) is 0 Å². The molecule has 0 bridgehead atoms. The quantitative estimate of drug-likeness (QED) is 0.509. The Kier molecular flexibility index (Phi) is 4.13. The van der Waals surface area contributed by atoms with Gasteiger partial charge in [0.1, 0.15) is 0 Å². The number of ether oxygens (including phenoxy) is 1. The van der Waals surface area contributed by atoms with Crippen LogP contribution < -0.4 is 0 Å².